The Bertz CT molecular complexity index is 1290. The maximum atomic E-state index is 14.7. The number of anilines is 1. The molecule has 176 valence electrons. The van der Waals surface area contributed by atoms with Gasteiger partial charge < -0.3 is 30.3 Å². The minimum Gasteiger partial charge on any atom is -0.377 e. The van der Waals surface area contributed by atoms with Crippen LogP contribution in [-0.4, -0.2) is 69.8 Å². The second-order valence-electron chi connectivity index (χ2n) is 8.31. The smallest absolute Gasteiger partial charge is 0.269 e. The zero-order chi connectivity index (χ0) is 24.0. The molecule has 3 aromatic rings. The summed E-state index contributed by atoms with van der Waals surface area (Å²) in [7, 11) is 1.59. The summed E-state index contributed by atoms with van der Waals surface area (Å²) in [5.74, 6) is -1.93. The molecule has 2 saturated heterocycles. The fourth-order valence-electron chi connectivity index (χ4n) is 3.89. The van der Waals surface area contributed by atoms with Crippen LogP contribution in [0.2, 0.25) is 0 Å². The van der Waals surface area contributed by atoms with E-state index in [9.17, 15) is 19.1 Å². The number of carbonyl (C=O) groups excluding carboxylic acids is 2. The molecule has 4 heterocycles. The van der Waals surface area contributed by atoms with Crippen molar-refractivity contribution in [2.75, 3.05) is 32.1 Å². The van der Waals surface area contributed by atoms with Gasteiger partial charge in [-0.3, -0.25) is 9.59 Å². The van der Waals surface area contributed by atoms with Crippen LogP contribution in [0.1, 0.15) is 22.7 Å². The van der Waals surface area contributed by atoms with Crippen molar-refractivity contribution in [3.63, 3.8) is 0 Å². The van der Waals surface area contributed by atoms with E-state index in [1.165, 1.54) is 35.4 Å². The number of nitrogens with one attached hydrogen (secondary N) is 1. The molecule has 34 heavy (non-hydrogen) atoms. The number of amides is 2. The average Bonchev–Trinajstić information content (AvgIpc) is 3.39. The largest absolute Gasteiger partial charge is 0.377 e. The van der Waals surface area contributed by atoms with Gasteiger partial charge in [0.2, 0.25) is 5.60 Å². The Hall–Kier alpha value is -3.90. The zero-order valence-corrected chi connectivity index (χ0v) is 18.1. The van der Waals surface area contributed by atoms with Crippen LogP contribution in [0.25, 0.3) is 22.6 Å². The molecule has 0 aliphatic carbocycles. The van der Waals surface area contributed by atoms with Crippen LogP contribution in [0.5, 0.6) is 0 Å². The number of rotatable bonds is 6. The molecule has 2 aliphatic rings. The third kappa shape index (κ3) is 3.66. The van der Waals surface area contributed by atoms with Crippen molar-refractivity contribution in [2.45, 2.75) is 18.1 Å². The van der Waals surface area contributed by atoms with Gasteiger partial charge in [0.15, 0.2) is 17.3 Å². The predicted molar refractivity (Wildman–Crippen MR) is 116 cm³/mol. The van der Waals surface area contributed by atoms with Crippen LogP contribution in [0, 0.1) is 5.82 Å². The van der Waals surface area contributed by atoms with Crippen LogP contribution < -0.4 is 11.1 Å². The standard InChI is InChI=1S/C22H21FN6O5/c1-29-5-4-22(32,21(29)31)17-7-15(28-34-17)11-2-3-14(23)13(6-11)20-25-8-16(18(27-20)19(24)30)26-12-9-33-10-12/h2-3,6-8,12,26,32H,4-5,9-10H2,1H3,(H2,24,30)/t22-/m1/s1. The van der Waals surface area contributed by atoms with Gasteiger partial charge in [-0.05, 0) is 18.2 Å². The lowest BCUT2D eigenvalue weighted by Crippen LogP contribution is -2.41. The van der Waals surface area contributed by atoms with E-state index in [4.69, 9.17) is 15.0 Å². The van der Waals surface area contributed by atoms with E-state index >= 15 is 0 Å². The fourth-order valence-corrected chi connectivity index (χ4v) is 3.89. The summed E-state index contributed by atoms with van der Waals surface area (Å²) in [4.78, 5) is 34.1. The molecule has 11 nitrogen and oxygen atoms in total. The van der Waals surface area contributed by atoms with E-state index in [1.54, 1.807) is 7.05 Å². The zero-order valence-electron chi connectivity index (χ0n) is 18.1. The van der Waals surface area contributed by atoms with Gasteiger partial charge in [-0.1, -0.05) is 5.16 Å². The number of benzene rings is 1. The molecule has 0 unspecified atom stereocenters. The van der Waals surface area contributed by atoms with Gasteiger partial charge in [0.1, 0.15) is 11.5 Å². The number of aliphatic hydroxyl groups is 1. The molecule has 4 N–H and O–H groups in total. The highest BCUT2D eigenvalue weighted by atomic mass is 19.1. The highest BCUT2D eigenvalue weighted by molar-refractivity contribution is 5.96. The topological polar surface area (TPSA) is 157 Å². The minimum atomic E-state index is -1.79. The van der Waals surface area contributed by atoms with Crippen LogP contribution in [0.3, 0.4) is 0 Å². The van der Waals surface area contributed by atoms with Crippen molar-refractivity contribution in [3.8, 4) is 22.6 Å². The Kier molecular flexibility index (Phi) is 5.25. The third-order valence-electron chi connectivity index (χ3n) is 5.95. The minimum absolute atomic E-state index is 0.00499. The lowest BCUT2D eigenvalue weighted by molar-refractivity contribution is -0.144. The molecule has 2 aliphatic heterocycles. The predicted octanol–water partition coefficient (Wildman–Crippen LogP) is 0.897. The second-order valence-corrected chi connectivity index (χ2v) is 8.31. The van der Waals surface area contributed by atoms with Crippen molar-refractivity contribution in [2.24, 2.45) is 5.73 Å². The Morgan fingerprint density at radius 1 is 1.35 bits per heavy atom. The molecule has 0 spiro atoms. The molecule has 0 radical (unpaired) electrons. The highest BCUT2D eigenvalue weighted by Gasteiger charge is 2.48. The van der Waals surface area contributed by atoms with E-state index in [2.05, 4.69) is 20.4 Å². The first-order valence-corrected chi connectivity index (χ1v) is 10.5. The van der Waals surface area contributed by atoms with Gasteiger partial charge in [-0.25, -0.2) is 14.4 Å². The Balaban J connectivity index is 1.48. The summed E-state index contributed by atoms with van der Waals surface area (Å²) in [5, 5.41) is 17.8. The van der Waals surface area contributed by atoms with E-state index in [0.717, 1.165) is 0 Å². The van der Waals surface area contributed by atoms with Crippen molar-refractivity contribution in [1.29, 1.82) is 0 Å². The van der Waals surface area contributed by atoms with Gasteiger partial charge in [-0.15, -0.1) is 0 Å². The lowest BCUT2D eigenvalue weighted by Gasteiger charge is -2.28. The Morgan fingerprint density at radius 3 is 2.79 bits per heavy atom. The van der Waals surface area contributed by atoms with Crippen molar-refractivity contribution in [3.05, 3.63) is 47.7 Å². The number of carbonyl (C=O) groups is 2. The number of ether oxygens (including phenoxy) is 1. The van der Waals surface area contributed by atoms with Crippen LogP contribution >= 0.6 is 0 Å². The van der Waals surface area contributed by atoms with Gasteiger partial charge >= 0.3 is 0 Å². The molecule has 2 amide bonds. The number of nitrogens with two attached hydrogens (primary N) is 1. The number of nitrogens with zero attached hydrogens (tertiary/aromatic N) is 4. The average molecular weight is 468 g/mol. The number of aromatic nitrogens is 3. The SMILES string of the molecule is CN1CC[C@@](O)(c2cc(-c3ccc(F)c(-c4ncc(NC5COC5)c(C(N)=O)n4)c3)no2)C1=O. The molecular weight excluding hydrogens is 447 g/mol. The first-order valence-electron chi connectivity index (χ1n) is 10.5. The number of hydrogen-bond acceptors (Lipinski definition) is 9. The molecule has 0 saturated carbocycles. The molecule has 12 heteroatoms. The van der Waals surface area contributed by atoms with E-state index in [1.807, 2.05) is 0 Å². The molecular formula is C22H21FN6O5. The van der Waals surface area contributed by atoms with Crippen LogP contribution in [-0.2, 0) is 15.1 Å². The number of likely N-dealkylation sites (tertiary alicyclic amines) is 1. The number of halogens is 1. The van der Waals surface area contributed by atoms with Crippen molar-refractivity contribution < 1.29 is 28.3 Å². The summed E-state index contributed by atoms with van der Waals surface area (Å²) in [6.07, 6.45) is 1.54. The summed E-state index contributed by atoms with van der Waals surface area (Å²) < 4.78 is 25.1. The normalized spacial score (nSPS) is 20.4. The van der Waals surface area contributed by atoms with Gasteiger partial charge in [0.05, 0.1) is 36.7 Å². The summed E-state index contributed by atoms with van der Waals surface area (Å²) in [6, 6.07) is 5.56. The van der Waals surface area contributed by atoms with Gasteiger partial charge in [0.25, 0.3) is 11.8 Å². The number of likely N-dealkylation sites (N-methyl/N-ethyl adjacent to an activating group) is 1. The molecule has 5 rings (SSSR count). The molecule has 2 fully saturated rings. The summed E-state index contributed by atoms with van der Waals surface area (Å²) in [5.41, 5.74) is 4.68. The maximum Gasteiger partial charge on any atom is 0.269 e. The lowest BCUT2D eigenvalue weighted by atomic mass is 9.98. The highest BCUT2D eigenvalue weighted by Crippen LogP contribution is 2.35. The maximum absolute atomic E-state index is 14.7. The van der Waals surface area contributed by atoms with Crippen LogP contribution in [0.15, 0.2) is 35.0 Å². The quantitative estimate of drug-likeness (QED) is 0.478. The molecule has 0 bridgehead atoms. The van der Waals surface area contributed by atoms with E-state index in [-0.39, 0.29) is 41.0 Å². The van der Waals surface area contributed by atoms with Crippen LogP contribution in [0.4, 0.5) is 10.1 Å². The van der Waals surface area contributed by atoms with Gasteiger partial charge in [-0.2, -0.15) is 0 Å². The van der Waals surface area contributed by atoms with Crippen molar-refractivity contribution >= 4 is 17.5 Å². The molecule has 1 atom stereocenters. The molecule has 1 aromatic carbocycles. The number of hydrogen-bond donors (Lipinski definition) is 3. The fraction of sp³-hybridized carbons (Fsp3) is 0.318. The molecule has 2 aromatic heterocycles. The summed E-state index contributed by atoms with van der Waals surface area (Å²) in [6.45, 7) is 1.34. The first-order chi connectivity index (χ1) is 16.3. The Labute approximate surface area is 192 Å². The van der Waals surface area contributed by atoms with E-state index in [0.29, 0.717) is 31.0 Å². The third-order valence-corrected chi connectivity index (χ3v) is 5.95. The van der Waals surface area contributed by atoms with E-state index < -0.39 is 23.2 Å². The Morgan fingerprint density at radius 2 is 2.15 bits per heavy atom. The first kappa shape index (κ1) is 21.9. The second kappa shape index (κ2) is 8.15. The monoisotopic (exact) mass is 468 g/mol. The van der Waals surface area contributed by atoms with Crippen molar-refractivity contribution in [1.82, 2.24) is 20.0 Å². The number of primary amides is 1. The van der Waals surface area contributed by atoms with Gasteiger partial charge in [0, 0.05) is 31.6 Å². The summed E-state index contributed by atoms with van der Waals surface area (Å²) >= 11 is 0.